The van der Waals surface area contributed by atoms with Crippen LogP contribution in [0.1, 0.15) is 82.3 Å². The fourth-order valence-electron chi connectivity index (χ4n) is 9.96. The highest BCUT2D eigenvalue weighted by atomic mass is 16.5. The monoisotopic (exact) mass is 764 g/mol. The van der Waals surface area contributed by atoms with Gasteiger partial charge in [0.05, 0.1) is 61.2 Å². The Balaban J connectivity index is 1.56. The van der Waals surface area contributed by atoms with Gasteiger partial charge in [-0.2, -0.15) is 0 Å². The SMILES string of the molecule is COc1c(NC2CCC(C(=O)O)CC2)c2c(=O)cc(OC)c3c4c(OC)cc(=O)c5c(O)c(NC6CCC(C(=O)O)CC6)c6c(c(c1C(C(C)=O)C(C)=C6)c23)c54. The van der Waals surface area contributed by atoms with Crippen molar-refractivity contribution in [2.75, 3.05) is 32.0 Å². The van der Waals surface area contributed by atoms with Gasteiger partial charge in [0.1, 0.15) is 23.0 Å². The smallest absolute Gasteiger partial charge is 0.306 e. The van der Waals surface area contributed by atoms with E-state index in [0.717, 1.165) is 0 Å². The summed E-state index contributed by atoms with van der Waals surface area (Å²) in [6.07, 6.45) is 5.69. The lowest BCUT2D eigenvalue weighted by Crippen LogP contribution is -2.30. The summed E-state index contributed by atoms with van der Waals surface area (Å²) in [7, 11) is 4.37. The average molecular weight is 765 g/mol. The minimum Gasteiger partial charge on any atom is -0.505 e. The summed E-state index contributed by atoms with van der Waals surface area (Å²) in [6, 6.07) is 2.25. The standard InChI is InChI=1S/C43H44N2O11/c1-17-14-23-29-34-31(40(49)38(23)44-21-10-6-19(7-11-21)42(50)51)25(48)16-27(55-4)32(34)33-26(54-3)15-24(47)30-36(33)35(29)37(28(17)18(2)46)41(56-5)39(30)45-22-12-8-20(9-13-22)43(52)53/h14-16,19-22,28,44-45,49H,6-13H2,1-5H3,(H,50,51)(H,52,53). The molecule has 0 spiro atoms. The lowest BCUT2D eigenvalue weighted by atomic mass is 9.80. The predicted octanol–water partition coefficient (Wildman–Crippen LogP) is 6.83. The minimum atomic E-state index is -0.885. The van der Waals surface area contributed by atoms with E-state index in [1.807, 2.05) is 13.0 Å². The van der Waals surface area contributed by atoms with Gasteiger partial charge in [-0.1, -0.05) is 11.6 Å². The Kier molecular flexibility index (Phi) is 9.08. The first kappa shape index (κ1) is 37.1. The summed E-state index contributed by atoms with van der Waals surface area (Å²) >= 11 is 0. The molecule has 8 rings (SSSR count). The number of rotatable bonds is 10. The minimum absolute atomic E-state index is 0.0166. The second-order valence-electron chi connectivity index (χ2n) is 15.6. The number of carboxylic acid groups (broad SMARTS) is 2. The van der Waals surface area contributed by atoms with Crippen molar-refractivity contribution < 1.29 is 43.9 Å². The second kappa shape index (κ2) is 13.7. The predicted molar refractivity (Wildman–Crippen MR) is 214 cm³/mol. The van der Waals surface area contributed by atoms with Crippen LogP contribution in [0.4, 0.5) is 11.4 Å². The van der Waals surface area contributed by atoms with Gasteiger partial charge in [0.25, 0.3) is 0 Å². The quantitative estimate of drug-likeness (QED) is 0.0564. The zero-order chi connectivity index (χ0) is 39.9. The van der Waals surface area contributed by atoms with Crippen LogP contribution in [0.2, 0.25) is 0 Å². The summed E-state index contributed by atoms with van der Waals surface area (Å²) in [6.45, 7) is 3.32. The number of methoxy groups -OCH3 is 3. The summed E-state index contributed by atoms with van der Waals surface area (Å²) < 4.78 is 18.1. The number of carbonyl (C=O) groups is 3. The number of anilines is 2. The van der Waals surface area contributed by atoms with E-state index >= 15 is 0 Å². The van der Waals surface area contributed by atoms with Crippen LogP contribution >= 0.6 is 0 Å². The molecule has 3 aliphatic rings. The largest absolute Gasteiger partial charge is 0.505 e. The Morgan fingerprint density at radius 3 is 1.59 bits per heavy atom. The lowest BCUT2D eigenvalue weighted by molar-refractivity contribution is -0.143. The van der Waals surface area contributed by atoms with Crippen molar-refractivity contribution in [2.45, 2.75) is 83.2 Å². The van der Waals surface area contributed by atoms with E-state index in [1.54, 1.807) is 0 Å². The number of allylic oxidation sites excluding steroid dienone is 1. The highest BCUT2D eigenvalue weighted by Gasteiger charge is 2.39. The Hall–Kier alpha value is -5.85. The first-order valence-corrected chi connectivity index (χ1v) is 19.0. The molecule has 0 saturated heterocycles. The molecule has 1 atom stereocenters. The van der Waals surface area contributed by atoms with Crippen LogP contribution < -0.4 is 35.7 Å². The number of aromatic hydroxyl groups is 1. The summed E-state index contributed by atoms with van der Waals surface area (Å²) in [5, 5.41) is 41.7. The number of ketones is 1. The summed E-state index contributed by atoms with van der Waals surface area (Å²) in [5.41, 5.74) is 1.37. The zero-order valence-electron chi connectivity index (χ0n) is 31.9. The van der Waals surface area contributed by atoms with Crippen molar-refractivity contribution in [2.24, 2.45) is 11.8 Å². The number of aliphatic carboxylic acids is 2. The van der Waals surface area contributed by atoms with E-state index < -0.39 is 35.1 Å². The van der Waals surface area contributed by atoms with Crippen molar-refractivity contribution in [3.63, 3.8) is 0 Å². The van der Waals surface area contributed by atoms with Crippen LogP contribution in [0.15, 0.2) is 27.3 Å². The molecule has 1 unspecified atom stereocenters. The van der Waals surface area contributed by atoms with Gasteiger partial charge in [-0.25, -0.2) is 0 Å². The summed E-state index contributed by atoms with van der Waals surface area (Å²) in [5.74, 6) is -3.32. The Labute approximate surface area is 320 Å². The van der Waals surface area contributed by atoms with Gasteiger partial charge in [0.2, 0.25) is 0 Å². The number of benzene rings is 5. The number of hydrogen-bond acceptors (Lipinski definition) is 11. The fourth-order valence-corrected chi connectivity index (χ4v) is 9.96. The molecule has 0 heterocycles. The van der Waals surface area contributed by atoms with Gasteiger partial charge in [0.15, 0.2) is 16.6 Å². The average Bonchev–Trinajstić information content (AvgIpc) is 3.30. The van der Waals surface area contributed by atoms with Crippen molar-refractivity contribution in [1.29, 1.82) is 0 Å². The van der Waals surface area contributed by atoms with E-state index in [0.29, 0.717) is 106 Å². The van der Waals surface area contributed by atoms with Crippen LogP contribution in [-0.2, 0) is 14.4 Å². The van der Waals surface area contributed by atoms with Gasteiger partial charge in [-0.05, 0) is 70.6 Å². The van der Waals surface area contributed by atoms with Crippen molar-refractivity contribution >= 4 is 78.3 Å². The zero-order valence-corrected chi connectivity index (χ0v) is 31.9. The molecule has 0 radical (unpaired) electrons. The molecule has 292 valence electrons. The maximum Gasteiger partial charge on any atom is 0.306 e. The molecule has 3 aliphatic carbocycles. The van der Waals surface area contributed by atoms with E-state index in [1.165, 1.54) is 40.4 Å². The molecule has 0 aliphatic heterocycles. The normalized spacial score (nSPS) is 22.3. The molecule has 5 aromatic carbocycles. The number of fused-ring (bicyclic) bond motifs is 1. The fraction of sp³-hybridized carbons (Fsp3) is 0.419. The maximum absolute atomic E-state index is 14.6. The van der Waals surface area contributed by atoms with Crippen LogP contribution in [0.25, 0.3) is 49.2 Å². The number of carboxylic acids is 2. The number of nitrogens with one attached hydrogen (secondary N) is 2. The third-order valence-corrected chi connectivity index (χ3v) is 12.5. The van der Waals surface area contributed by atoms with Crippen molar-refractivity contribution in [1.82, 2.24) is 0 Å². The van der Waals surface area contributed by atoms with Crippen LogP contribution in [-0.4, -0.2) is 66.5 Å². The number of phenolic OH excluding ortho intramolecular Hbond substituents is 1. The van der Waals surface area contributed by atoms with E-state index in [2.05, 4.69) is 10.6 Å². The third-order valence-electron chi connectivity index (χ3n) is 12.5. The number of hydrogen-bond donors (Lipinski definition) is 5. The molecule has 0 bridgehead atoms. The number of phenols is 1. The molecule has 56 heavy (non-hydrogen) atoms. The first-order valence-electron chi connectivity index (χ1n) is 19.0. The van der Waals surface area contributed by atoms with Crippen molar-refractivity contribution in [3.8, 4) is 23.0 Å². The molecule has 0 aromatic heterocycles. The Morgan fingerprint density at radius 1 is 0.643 bits per heavy atom. The second-order valence-corrected chi connectivity index (χ2v) is 15.6. The maximum atomic E-state index is 14.6. The molecule has 13 nitrogen and oxygen atoms in total. The highest BCUT2D eigenvalue weighted by Crippen LogP contribution is 2.58. The molecule has 2 fully saturated rings. The molecule has 13 heteroatoms. The first-order chi connectivity index (χ1) is 26.8. The van der Waals surface area contributed by atoms with Crippen molar-refractivity contribution in [3.05, 3.63) is 49.3 Å². The van der Waals surface area contributed by atoms with Gasteiger partial charge in [-0.3, -0.25) is 24.0 Å². The molecule has 2 saturated carbocycles. The third kappa shape index (κ3) is 5.45. The van der Waals surface area contributed by atoms with E-state index in [-0.39, 0.29) is 62.8 Å². The highest BCUT2D eigenvalue weighted by molar-refractivity contribution is 6.40. The summed E-state index contributed by atoms with van der Waals surface area (Å²) in [4.78, 5) is 66.4. The van der Waals surface area contributed by atoms with Gasteiger partial charge < -0.3 is 40.2 Å². The van der Waals surface area contributed by atoms with Crippen LogP contribution in [0.5, 0.6) is 23.0 Å². The number of ether oxygens (including phenoxy) is 3. The topological polar surface area (TPSA) is 198 Å². The molecule has 5 N–H and O–H groups in total. The molecule has 5 aromatic rings. The molecular formula is C43H44N2O11. The van der Waals surface area contributed by atoms with Gasteiger partial charge in [0, 0.05) is 62.3 Å². The molecular weight excluding hydrogens is 720 g/mol. The number of Topliss-reactive ketones (excluding diaryl/α,β-unsaturated/α-hetero) is 1. The Bertz CT molecular complexity index is 2640. The van der Waals surface area contributed by atoms with E-state index in [4.69, 9.17) is 14.2 Å². The van der Waals surface area contributed by atoms with E-state index in [9.17, 15) is 39.3 Å². The lowest BCUT2D eigenvalue weighted by Gasteiger charge is -2.31. The van der Waals surface area contributed by atoms with Crippen LogP contribution in [0.3, 0.4) is 0 Å². The number of carbonyl (C=O) groups excluding carboxylic acids is 1. The molecule has 0 amide bonds. The van der Waals surface area contributed by atoms with Gasteiger partial charge >= 0.3 is 11.9 Å². The van der Waals surface area contributed by atoms with Gasteiger partial charge in [-0.15, -0.1) is 0 Å². The Morgan fingerprint density at radius 2 is 1.12 bits per heavy atom. The van der Waals surface area contributed by atoms with Crippen LogP contribution in [0, 0.1) is 11.8 Å².